The van der Waals surface area contributed by atoms with Crippen molar-refractivity contribution in [1.82, 2.24) is 15.5 Å². The molecule has 2 N–H and O–H groups in total. The molecule has 2 saturated heterocycles. The Bertz CT molecular complexity index is 592. The number of hydrogen-bond donors (Lipinski definition) is 2. The van der Waals surface area contributed by atoms with Crippen molar-refractivity contribution < 1.29 is 9.59 Å². The van der Waals surface area contributed by atoms with E-state index in [0.717, 1.165) is 35.6 Å². The third-order valence-electron chi connectivity index (χ3n) is 4.25. The van der Waals surface area contributed by atoms with Crippen LogP contribution in [0.5, 0.6) is 0 Å². The van der Waals surface area contributed by atoms with Crippen molar-refractivity contribution in [2.45, 2.75) is 12.5 Å². The van der Waals surface area contributed by atoms with Gasteiger partial charge < -0.3 is 15.5 Å². The number of halogens is 1. The molecule has 2 aliphatic rings. The van der Waals surface area contributed by atoms with Gasteiger partial charge in [-0.15, -0.1) is 11.8 Å². The highest BCUT2D eigenvalue weighted by atomic mass is 79.9. The van der Waals surface area contributed by atoms with E-state index >= 15 is 0 Å². The molecule has 2 fully saturated rings. The molecule has 2 atom stereocenters. The lowest BCUT2D eigenvalue weighted by Crippen LogP contribution is -2.42. The molecule has 5 nitrogen and oxygen atoms in total. The molecule has 0 aromatic heterocycles. The summed E-state index contributed by atoms with van der Waals surface area (Å²) in [5.41, 5.74) is 0.639. The predicted octanol–water partition coefficient (Wildman–Crippen LogP) is 1.69. The molecule has 0 saturated carbocycles. The second-order valence-corrected chi connectivity index (χ2v) is 7.82. The molecule has 1 unspecified atom stereocenters. The van der Waals surface area contributed by atoms with E-state index in [9.17, 15) is 9.59 Å². The summed E-state index contributed by atoms with van der Waals surface area (Å²) in [4.78, 5) is 26.5. The minimum Gasteiger partial charge on any atom is -0.352 e. The van der Waals surface area contributed by atoms with Crippen LogP contribution in [0.25, 0.3) is 0 Å². The molecule has 23 heavy (non-hydrogen) atoms. The van der Waals surface area contributed by atoms with Gasteiger partial charge in [0, 0.05) is 29.9 Å². The van der Waals surface area contributed by atoms with Crippen LogP contribution in [-0.4, -0.2) is 54.0 Å². The van der Waals surface area contributed by atoms with E-state index in [1.165, 1.54) is 0 Å². The van der Waals surface area contributed by atoms with Crippen molar-refractivity contribution in [2.75, 3.05) is 31.3 Å². The summed E-state index contributed by atoms with van der Waals surface area (Å²) in [5.74, 6) is 2.26. The Kier molecular flexibility index (Phi) is 5.61. The van der Waals surface area contributed by atoms with Crippen LogP contribution in [0.4, 0.5) is 0 Å². The maximum atomic E-state index is 12.4. The molecular weight excluding hydrogens is 378 g/mol. The first-order valence-electron chi connectivity index (χ1n) is 7.78. The van der Waals surface area contributed by atoms with Crippen molar-refractivity contribution in [3.63, 3.8) is 0 Å². The van der Waals surface area contributed by atoms with Crippen molar-refractivity contribution in [2.24, 2.45) is 5.92 Å². The number of hydrogen-bond acceptors (Lipinski definition) is 4. The molecule has 1 aromatic carbocycles. The highest BCUT2D eigenvalue weighted by Crippen LogP contribution is 2.20. The maximum absolute atomic E-state index is 12.4. The van der Waals surface area contributed by atoms with Crippen LogP contribution in [0.15, 0.2) is 28.7 Å². The molecule has 2 heterocycles. The van der Waals surface area contributed by atoms with Crippen LogP contribution in [0.2, 0.25) is 0 Å². The van der Waals surface area contributed by atoms with E-state index < -0.39 is 0 Å². The van der Waals surface area contributed by atoms with Gasteiger partial charge in [-0.1, -0.05) is 12.1 Å². The third kappa shape index (κ3) is 4.08. The fourth-order valence-corrected chi connectivity index (χ4v) is 4.36. The first kappa shape index (κ1) is 16.8. The standard InChI is InChI=1S/C16H20BrN3O2S/c17-13-4-2-1-3-12(13)15(21)19-9-11-7-14(18-8-11)16(22)20-5-6-23-10-20/h1-4,11,14,18H,5-10H2,(H,19,21)/t11?,14-/m0/s1. The van der Waals surface area contributed by atoms with Gasteiger partial charge in [0.15, 0.2) is 0 Å². The van der Waals surface area contributed by atoms with Crippen LogP contribution in [0.1, 0.15) is 16.8 Å². The number of carbonyl (C=O) groups is 2. The minimum atomic E-state index is -0.0981. The van der Waals surface area contributed by atoms with Crippen molar-refractivity contribution in [3.8, 4) is 0 Å². The van der Waals surface area contributed by atoms with Crippen LogP contribution >= 0.6 is 27.7 Å². The van der Waals surface area contributed by atoms with Gasteiger partial charge >= 0.3 is 0 Å². The lowest BCUT2D eigenvalue weighted by atomic mass is 10.0. The number of rotatable bonds is 4. The molecule has 7 heteroatoms. The number of nitrogens with zero attached hydrogens (tertiary/aromatic N) is 1. The minimum absolute atomic E-state index is 0.0804. The first-order valence-corrected chi connectivity index (χ1v) is 9.72. The Morgan fingerprint density at radius 2 is 2.22 bits per heavy atom. The Labute approximate surface area is 148 Å². The summed E-state index contributed by atoms with van der Waals surface area (Å²) >= 11 is 5.19. The lowest BCUT2D eigenvalue weighted by molar-refractivity contribution is -0.131. The second-order valence-electron chi connectivity index (χ2n) is 5.89. The van der Waals surface area contributed by atoms with Gasteiger partial charge in [0.2, 0.25) is 5.91 Å². The fraction of sp³-hybridized carbons (Fsp3) is 0.500. The number of benzene rings is 1. The summed E-state index contributed by atoms with van der Waals surface area (Å²) in [5, 5.41) is 6.27. The van der Waals surface area contributed by atoms with Gasteiger partial charge in [0.25, 0.3) is 5.91 Å². The zero-order valence-electron chi connectivity index (χ0n) is 12.8. The average Bonchev–Trinajstić information content (AvgIpc) is 3.24. The van der Waals surface area contributed by atoms with Crippen LogP contribution in [-0.2, 0) is 4.79 Å². The molecule has 0 bridgehead atoms. The SMILES string of the molecule is O=C(NCC1CN[C@H](C(=O)N2CCSC2)C1)c1ccccc1Br. The Morgan fingerprint density at radius 1 is 1.39 bits per heavy atom. The molecule has 0 radical (unpaired) electrons. The van der Waals surface area contributed by atoms with Crippen LogP contribution in [0.3, 0.4) is 0 Å². The lowest BCUT2D eigenvalue weighted by Gasteiger charge is -2.19. The summed E-state index contributed by atoms with van der Waals surface area (Å²) < 4.78 is 0.793. The smallest absolute Gasteiger partial charge is 0.252 e. The van der Waals surface area contributed by atoms with Crippen LogP contribution in [0, 0.1) is 5.92 Å². The van der Waals surface area contributed by atoms with Crippen molar-refractivity contribution >= 4 is 39.5 Å². The zero-order chi connectivity index (χ0) is 16.2. The third-order valence-corrected chi connectivity index (χ3v) is 5.91. The van der Waals surface area contributed by atoms with E-state index in [-0.39, 0.29) is 17.9 Å². The van der Waals surface area contributed by atoms with E-state index in [1.807, 2.05) is 23.1 Å². The van der Waals surface area contributed by atoms with Gasteiger partial charge in [-0.3, -0.25) is 9.59 Å². The van der Waals surface area contributed by atoms with E-state index in [2.05, 4.69) is 26.6 Å². The van der Waals surface area contributed by atoms with Crippen molar-refractivity contribution in [3.05, 3.63) is 34.3 Å². The quantitative estimate of drug-likeness (QED) is 0.811. The van der Waals surface area contributed by atoms with Crippen molar-refractivity contribution in [1.29, 1.82) is 0 Å². The molecule has 2 aliphatic heterocycles. The van der Waals surface area contributed by atoms with Gasteiger partial charge in [-0.25, -0.2) is 0 Å². The monoisotopic (exact) mass is 397 g/mol. The van der Waals surface area contributed by atoms with Gasteiger partial charge in [-0.05, 0) is 40.4 Å². The number of nitrogens with one attached hydrogen (secondary N) is 2. The topological polar surface area (TPSA) is 61.4 Å². The second kappa shape index (κ2) is 7.68. The Hall–Kier alpha value is -1.05. The summed E-state index contributed by atoms with van der Waals surface area (Å²) in [7, 11) is 0. The largest absolute Gasteiger partial charge is 0.352 e. The summed E-state index contributed by atoms with van der Waals surface area (Å²) in [6.45, 7) is 2.21. The summed E-state index contributed by atoms with van der Waals surface area (Å²) in [6.07, 6.45) is 0.788. The van der Waals surface area contributed by atoms with E-state index in [0.29, 0.717) is 18.0 Å². The highest BCUT2D eigenvalue weighted by Gasteiger charge is 2.33. The van der Waals surface area contributed by atoms with Crippen LogP contribution < -0.4 is 10.6 Å². The van der Waals surface area contributed by atoms with E-state index in [1.54, 1.807) is 17.8 Å². The number of amides is 2. The fourth-order valence-electron chi connectivity index (χ4n) is 2.94. The summed E-state index contributed by atoms with van der Waals surface area (Å²) in [6, 6.07) is 7.28. The van der Waals surface area contributed by atoms with E-state index in [4.69, 9.17) is 0 Å². The zero-order valence-corrected chi connectivity index (χ0v) is 15.2. The maximum Gasteiger partial charge on any atom is 0.252 e. The average molecular weight is 398 g/mol. The molecule has 1 aromatic rings. The predicted molar refractivity (Wildman–Crippen MR) is 95.4 cm³/mol. The number of carbonyl (C=O) groups excluding carboxylic acids is 2. The normalized spacial score (nSPS) is 24.0. The molecule has 124 valence electrons. The van der Waals surface area contributed by atoms with Gasteiger partial charge in [0.05, 0.1) is 17.5 Å². The first-order chi connectivity index (χ1) is 11.1. The number of thioether (sulfide) groups is 1. The molecule has 0 spiro atoms. The molecule has 2 amide bonds. The Balaban J connectivity index is 1.47. The van der Waals surface area contributed by atoms with Gasteiger partial charge in [0.1, 0.15) is 0 Å². The Morgan fingerprint density at radius 3 is 2.96 bits per heavy atom. The highest BCUT2D eigenvalue weighted by molar-refractivity contribution is 9.10. The molecular formula is C16H20BrN3O2S. The molecule has 3 rings (SSSR count). The molecule has 0 aliphatic carbocycles. The van der Waals surface area contributed by atoms with Gasteiger partial charge in [-0.2, -0.15) is 0 Å².